The Morgan fingerprint density at radius 2 is 1.47 bits per heavy atom. The van der Waals surface area contributed by atoms with Crippen LogP contribution in [0.4, 0.5) is 0 Å². The van der Waals surface area contributed by atoms with Crippen molar-refractivity contribution in [2.75, 3.05) is 20.3 Å². The number of esters is 2. The van der Waals surface area contributed by atoms with Gasteiger partial charge in [0.05, 0.1) is 18.8 Å². The molecule has 0 radical (unpaired) electrons. The molecule has 0 amide bonds. The molecule has 0 atom stereocenters. The van der Waals surface area contributed by atoms with Gasteiger partial charge in [0.15, 0.2) is 0 Å². The Hall–Kier alpha value is -3.18. The maximum absolute atomic E-state index is 12.5. The van der Waals surface area contributed by atoms with E-state index in [1.54, 1.807) is 6.92 Å². The van der Waals surface area contributed by atoms with Gasteiger partial charge < -0.3 is 14.2 Å². The Morgan fingerprint density at radius 1 is 0.822 bits per heavy atom. The third-order valence-corrected chi connectivity index (χ3v) is 10.0. The molecule has 2 aliphatic rings. The van der Waals surface area contributed by atoms with Crippen molar-refractivity contribution in [2.24, 2.45) is 17.8 Å². The molecule has 244 valence electrons. The van der Waals surface area contributed by atoms with Gasteiger partial charge in [-0.3, -0.25) is 0 Å². The van der Waals surface area contributed by atoms with Crippen LogP contribution in [0, 0.1) is 17.8 Å². The Bertz CT molecular complexity index is 1280. The fourth-order valence-corrected chi connectivity index (χ4v) is 7.31. The van der Waals surface area contributed by atoms with Gasteiger partial charge in [-0.05, 0) is 116 Å². The van der Waals surface area contributed by atoms with E-state index in [0.29, 0.717) is 29.4 Å². The molecule has 2 saturated carbocycles. The first-order valence-electron chi connectivity index (χ1n) is 17.2. The molecule has 0 N–H and O–H groups in total. The molecule has 0 heterocycles. The molecule has 5 heteroatoms. The normalized spacial score (nSPS) is 21.6. The van der Waals surface area contributed by atoms with Crippen molar-refractivity contribution < 1.29 is 23.8 Å². The Kier molecular flexibility index (Phi) is 13.5. The zero-order valence-corrected chi connectivity index (χ0v) is 27.9. The van der Waals surface area contributed by atoms with E-state index in [2.05, 4.69) is 56.5 Å². The summed E-state index contributed by atoms with van der Waals surface area (Å²) >= 11 is 0. The minimum atomic E-state index is -0.404. The van der Waals surface area contributed by atoms with Gasteiger partial charge >= 0.3 is 11.9 Å². The zero-order chi connectivity index (χ0) is 32.2. The van der Waals surface area contributed by atoms with Crippen LogP contribution in [-0.4, -0.2) is 32.3 Å². The lowest BCUT2D eigenvalue weighted by molar-refractivity contribution is -0.139. The molecule has 0 unspecified atom stereocenters. The van der Waals surface area contributed by atoms with Crippen molar-refractivity contribution >= 4 is 11.9 Å². The summed E-state index contributed by atoms with van der Waals surface area (Å²) in [7, 11) is 1.53. The second kappa shape index (κ2) is 17.5. The molecule has 0 aliphatic heterocycles. The maximum Gasteiger partial charge on any atom is 0.338 e. The molecular formula is C40H54O5. The Balaban J connectivity index is 1.38. The summed E-state index contributed by atoms with van der Waals surface area (Å²) in [5.74, 6) is 2.96. The molecule has 2 aromatic carbocycles. The van der Waals surface area contributed by atoms with Crippen molar-refractivity contribution in [2.45, 2.75) is 103 Å². The van der Waals surface area contributed by atoms with Crippen molar-refractivity contribution in [3.63, 3.8) is 0 Å². The maximum atomic E-state index is 12.5. The average molecular weight is 615 g/mol. The highest BCUT2D eigenvalue weighted by Crippen LogP contribution is 2.46. The van der Waals surface area contributed by atoms with Gasteiger partial charge in [-0.2, -0.15) is 0 Å². The van der Waals surface area contributed by atoms with Crippen LogP contribution in [0.5, 0.6) is 5.75 Å². The summed E-state index contributed by atoms with van der Waals surface area (Å²) in [6.45, 7) is 12.0. The lowest BCUT2D eigenvalue weighted by Crippen LogP contribution is -2.25. The van der Waals surface area contributed by atoms with Gasteiger partial charge in [-0.1, -0.05) is 82.5 Å². The van der Waals surface area contributed by atoms with E-state index >= 15 is 0 Å². The van der Waals surface area contributed by atoms with Gasteiger partial charge in [0.2, 0.25) is 0 Å². The number of benzene rings is 2. The molecule has 45 heavy (non-hydrogen) atoms. The third-order valence-electron chi connectivity index (χ3n) is 10.0. The smallest absolute Gasteiger partial charge is 0.338 e. The number of ether oxygens (including phenoxy) is 3. The predicted octanol–water partition coefficient (Wildman–Crippen LogP) is 9.78. The lowest BCUT2D eigenvalue weighted by atomic mass is 9.68. The number of carbonyl (C=O) groups excluding carboxylic acids is 2. The van der Waals surface area contributed by atoms with Crippen LogP contribution in [0.1, 0.15) is 108 Å². The monoisotopic (exact) mass is 614 g/mol. The Labute approximate surface area is 271 Å². The molecule has 0 bridgehead atoms. The Morgan fingerprint density at radius 3 is 2.09 bits per heavy atom. The molecule has 2 aromatic rings. The van der Waals surface area contributed by atoms with Gasteiger partial charge in [0.25, 0.3) is 0 Å². The molecule has 4 rings (SSSR count). The number of hydrogen-bond acceptors (Lipinski definition) is 5. The van der Waals surface area contributed by atoms with Crippen LogP contribution >= 0.6 is 0 Å². The van der Waals surface area contributed by atoms with Crippen molar-refractivity contribution in [1.82, 2.24) is 0 Å². The average Bonchev–Trinajstić information content (AvgIpc) is 3.06. The molecule has 0 aromatic heterocycles. The van der Waals surface area contributed by atoms with E-state index in [1.807, 2.05) is 6.07 Å². The van der Waals surface area contributed by atoms with Gasteiger partial charge in [0, 0.05) is 12.7 Å². The highest BCUT2D eigenvalue weighted by atomic mass is 16.5. The molecule has 5 nitrogen and oxygen atoms in total. The van der Waals surface area contributed by atoms with E-state index in [4.69, 9.17) is 14.2 Å². The van der Waals surface area contributed by atoms with Gasteiger partial charge in [0.1, 0.15) is 5.75 Å². The first-order valence-corrected chi connectivity index (χ1v) is 17.2. The second-order valence-electron chi connectivity index (χ2n) is 13.4. The highest BCUT2D eigenvalue weighted by Gasteiger charge is 2.32. The molecule has 0 spiro atoms. The van der Waals surface area contributed by atoms with E-state index in [0.717, 1.165) is 60.1 Å². The molecule has 2 aliphatic carbocycles. The third kappa shape index (κ3) is 10.2. The standard InChI is InChI=1S/C40H54O5/c1-6-7-9-30-11-15-32(16-12-30)33-19-21-35(22-20-33)37-26-36(23-24-38(37)45-39(41)28(2)3)34-17-13-31(14-18-34)10-8-25-44-40(42)29(4)27-43-5/h13-14,17-18,23-24,26,30,32-33,35H,2,4,6-12,15-16,19-22,25,27H2,1,3,5H3. The minimum absolute atomic E-state index is 0.181. The minimum Gasteiger partial charge on any atom is -0.462 e. The highest BCUT2D eigenvalue weighted by molar-refractivity contribution is 5.89. The van der Waals surface area contributed by atoms with Crippen LogP contribution in [0.2, 0.25) is 0 Å². The zero-order valence-electron chi connectivity index (χ0n) is 27.9. The number of aryl methyl sites for hydroxylation is 1. The largest absolute Gasteiger partial charge is 0.462 e. The quantitative estimate of drug-likeness (QED) is 0.0865. The van der Waals surface area contributed by atoms with Crippen molar-refractivity contribution in [3.8, 4) is 16.9 Å². The summed E-state index contributed by atoms with van der Waals surface area (Å²) in [4.78, 5) is 24.4. The second-order valence-corrected chi connectivity index (χ2v) is 13.4. The fraction of sp³-hybridized carbons (Fsp3) is 0.550. The number of hydrogen-bond donors (Lipinski definition) is 0. The van der Waals surface area contributed by atoms with E-state index < -0.39 is 5.97 Å². The van der Waals surface area contributed by atoms with Gasteiger partial charge in [-0.15, -0.1) is 0 Å². The molecular weight excluding hydrogens is 560 g/mol. The van der Waals surface area contributed by atoms with E-state index in [9.17, 15) is 9.59 Å². The summed E-state index contributed by atoms with van der Waals surface area (Å²) in [5, 5.41) is 0. The first-order chi connectivity index (χ1) is 21.8. The van der Waals surface area contributed by atoms with Crippen LogP contribution in [-0.2, 0) is 25.5 Å². The predicted molar refractivity (Wildman–Crippen MR) is 182 cm³/mol. The summed E-state index contributed by atoms with van der Waals surface area (Å²) in [6.07, 6.45) is 16.1. The fourth-order valence-electron chi connectivity index (χ4n) is 7.31. The topological polar surface area (TPSA) is 61.8 Å². The van der Waals surface area contributed by atoms with E-state index in [1.165, 1.54) is 70.5 Å². The van der Waals surface area contributed by atoms with Crippen LogP contribution in [0.15, 0.2) is 66.8 Å². The van der Waals surface area contributed by atoms with Crippen molar-refractivity contribution in [1.29, 1.82) is 0 Å². The number of carbonyl (C=O) groups is 2. The van der Waals surface area contributed by atoms with Crippen LogP contribution in [0.3, 0.4) is 0 Å². The number of unbranched alkanes of at least 4 members (excludes halogenated alkanes) is 1. The summed E-state index contributed by atoms with van der Waals surface area (Å²) in [5.41, 5.74) is 5.34. The lowest BCUT2D eigenvalue weighted by Gasteiger charge is -2.38. The number of methoxy groups -OCH3 is 1. The van der Waals surface area contributed by atoms with Crippen LogP contribution < -0.4 is 4.74 Å². The van der Waals surface area contributed by atoms with Crippen LogP contribution in [0.25, 0.3) is 11.1 Å². The summed E-state index contributed by atoms with van der Waals surface area (Å²) < 4.78 is 16.1. The van der Waals surface area contributed by atoms with Crippen molar-refractivity contribution in [3.05, 3.63) is 77.9 Å². The molecule has 2 fully saturated rings. The SMILES string of the molecule is C=C(C)C(=O)Oc1ccc(-c2ccc(CCCOC(=O)C(=C)COC)cc2)cc1C1CCC(C2CCC(CCCC)CC2)CC1. The number of rotatable bonds is 15. The molecule has 0 saturated heterocycles. The summed E-state index contributed by atoms with van der Waals surface area (Å²) in [6, 6.07) is 14.8. The first kappa shape index (κ1) is 34.7. The van der Waals surface area contributed by atoms with Gasteiger partial charge in [-0.25, -0.2) is 9.59 Å². The van der Waals surface area contributed by atoms with E-state index in [-0.39, 0.29) is 12.6 Å².